The number of carbonyl (C=O) groups is 1. The van der Waals surface area contributed by atoms with Crippen LogP contribution in [0.15, 0.2) is 0 Å². The molecule has 3 unspecified atom stereocenters. The normalized spacial score (nSPS) is 32.9. The van der Waals surface area contributed by atoms with Crippen molar-refractivity contribution in [1.82, 2.24) is 10.4 Å². The van der Waals surface area contributed by atoms with Crippen LogP contribution in [0.4, 0.5) is 4.79 Å². The van der Waals surface area contributed by atoms with Crippen molar-refractivity contribution in [2.24, 2.45) is 0 Å². The molecule has 2 saturated heterocycles. The lowest BCUT2D eigenvalue weighted by molar-refractivity contribution is 0.0342. The monoisotopic (exact) mass is 230 g/mol. The summed E-state index contributed by atoms with van der Waals surface area (Å²) < 4.78 is 5.12. The molecule has 0 bridgehead atoms. The Balaban J connectivity index is 1.87. The van der Waals surface area contributed by atoms with Crippen molar-refractivity contribution in [2.75, 3.05) is 19.8 Å². The van der Waals surface area contributed by atoms with Crippen LogP contribution in [-0.2, 0) is 9.57 Å². The number of aliphatic hydroxyl groups is 1. The Bertz CT molecular complexity index is 261. The first-order valence-corrected chi connectivity index (χ1v) is 5.72. The van der Waals surface area contributed by atoms with Gasteiger partial charge in [-0.2, -0.15) is 5.48 Å². The number of ether oxygens (including phenoxy) is 1. The molecule has 6 nitrogen and oxygen atoms in total. The summed E-state index contributed by atoms with van der Waals surface area (Å²) in [4.78, 5) is 18.3. The van der Waals surface area contributed by atoms with E-state index >= 15 is 0 Å². The van der Waals surface area contributed by atoms with Crippen LogP contribution in [0.3, 0.4) is 0 Å². The first kappa shape index (κ1) is 11.6. The molecular formula is C10H18N2O4. The van der Waals surface area contributed by atoms with Gasteiger partial charge in [-0.25, -0.2) is 4.79 Å². The fourth-order valence-corrected chi connectivity index (χ4v) is 2.08. The van der Waals surface area contributed by atoms with Crippen LogP contribution in [0.5, 0.6) is 0 Å². The fourth-order valence-electron chi connectivity index (χ4n) is 2.08. The van der Waals surface area contributed by atoms with Gasteiger partial charge in [0.15, 0.2) is 0 Å². The number of unbranched alkanes of at least 4 members (excludes halogenated alkanes) is 1. The predicted molar refractivity (Wildman–Crippen MR) is 55.6 cm³/mol. The standard InChI is InChI=1S/C10H18N2O4/c1-2-3-4-15-10(14)12-5-8(13)9-7(12)6-16-11-9/h7-9,11,13H,2-6H2,1H3. The zero-order chi connectivity index (χ0) is 11.5. The molecule has 0 radical (unpaired) electrons. The molecule has 1 amide bonds. The number of likely N-dealkylation sites (tertiary alicyclic amines) is 1. The molecule has 6 heteroatoms. The van der Waals surface area contributed by atoms with Gasteiger partial charge in [0.2, 0.25) is 0 Å². The van der Waals surface area contributed by atoms with Crippen molar-refractivity contribution < 1.29 is 19.5 Å². The van der Waals surface area contributed by atoms with Crippen molar-refractivity contribution in [3.63, 3.8) is 0 Å². The number of hydrogen-bond acceptors (Lipinski definition) is 5. The minimum Gasteiger partial charge on any atom is -0.449 e. The maximum atomic E-state index is 11.7. The Morgan fingerprint density at radius 2 is 2.50 bits per heavy atom. The highest BCUT2D eigenvalue weighted by Gasteiger charge is 2.47. The van der Waals surface area contributed by atoms with Gasteiger partial charge in [0, 0.05) is 0 Å². The van der Waals surface area contributed by atoms with Gasteiger partial charge in [0.25, 0.3) is 0 Å². The molecule has 0 aromatic heterocycles. The third-order valence-corrected chi connectivity index (χ3v) is 3.04. The molecule has 16 heavy (non-hydrogen) atoms. The molecule has 92 valence electrons. The van der Waals surface area contributed by atoms with Crippen LogP contribution in [0, 0.1) is 0 Å². The largest absolute Gasteiger partial charge is 0.449 e. The Hall–Kier alpha value is -0.850. The van der Waals surface area contributed by atoms with Crippen LogP contribution >= 0.6 is 0 Å². The third kappa shape index (κ3) is 2.14. The average molecular weight is 230 g/mol. The highest BCUT2D eigenvalue weighted by Crippen LogP contribution is 2.23. The summed E-state index contributed by atoms with van der Waals surface area (Å²) in [5, 5.41) is 9.70. The van der Waals surface area contributed by atoms with Gasteiger partial charge in [0.05, 0.1) is 37.9 Å². The number of nitrogens with zero attached hydrogens (tertiary/aromatic N) is 1. The van der Waals surface area contributed by atoms with Crippen molar-refractivity contribution in [2.45, 2.75) is 38.0 Å². The van der Waals surface area contributed by atoms with E-state index in [-0.39, 0.29) is 18.2 Å². The van der Waals surface area contributed by atoms with Crippen LogP contribution < -0.4 is 5.48 Å². The molecule has 3 atom stereocenters. The van der Waals surface area contributed by atoms with Gasteiger partial charge in [-0.1, -0.05) is 13.3 Å². The van der Waals surface area contributed by atoms with Gasteiger partial charge in [0.1, 0.15) is 0 Å². The van der Waals surface area contributed by atoms with E-state index in [2.05, 4.69) is 5.48 Å². The molecule has 2 aliphatic rings. The topological polar surface area (TPSA) is 71.0 Å². The van der Waals surface area contributed by atoms with E-state index in [4.69, 9.17) is 9.57 Å². The Morgan fingerprint density at radius 1 is 1.69 bits per heavy atom. The van der Waals surface area contributed by atoms with Crippen molar-refractivity contribution >= 4 is 6.09 Å². The number of aliphatic hydroxyl groups excluding tert-OH is 1. The quantitative estimate of drug-likeness (QED) is 0.661. The summed E-state index contributed by atoms with van der Waals surface area (Å²) in [6, 6.07) is -0.289. The number of β-amino-alcohol motifs (C(OH)–C–C–N with tert-alkyl or cyclic N) is 1. The third-order valence-electron chi connectivity index (χ3n) is 3.04. The molecule has 2 heterocycles. The zero-order valence-corrected chi connectivity index (χ0v) is 9.39. The maximum Gasteiger partial charge on any atom is 0.410 e. The summed E-state index contributed by atoms with van der Waals surface area (Å²) in [5.41, 5.74) is 2.72. The van der Waals surface area contributed by atoms with Gasteiger partial charge < -0.3 is 9.84 Å². The number of nitrogens with one attached hydrogen (secondary N) is 1. The molecule has 0 spiro atoms. The number of carbonyl (C=O) groups excluding carboxylic acids is 1. The number of fused-ring (bicyclic) bond motifs is 1. The molecule has 0 aliphatic carbocycles. The Kier molecular flexibility index (Phi) is 3.63. The van der Waals surface area contributed by atoms with Crippen LogP contribution in [-0.4, -0.2) is 54.0 Å². The number of amides is 1. The summed E-state index contributed by atoms with van der Waals surface area (Å²) >= 11 is 0. The summed E-state index contributed by atoms with van der Waals surface area (Å²) in [6.07, 6.45) is 0.927. The van der Waals surface area contributed by atoms with E-state index in [1.54, 1.807) is 4.90 Å². The van der Waals surface area contributed by atoms with Gasteiger partial charge in [-0.15, -0.1) is 0 Å². The lowest BCUT2D eigenvalue weighted by atomic mass is 10.1. The molecule has 2 rings (SSSR count). The summed E-state index contributed by atoms with van der Waals surface area (Å²) in [7, 11) is 0. The van der Waals surface area contributed by atoms with Crippen molar-refractivity contribution in [1.29, 1.82) is 0 Å². The predicted octanol–water partition coefficient (Wildman–Crippen LogP) is -0.128. The van der Waals surface area contributed by atoms with E-state index in [1.165, 1.54) is 0 Å². The minimum absolute atomic E-state index is 0.107. The SMILES string of the molecule is CCCCOC(=O)N1CC(O)C2NOCC21. The van der Waals surface area contributed by atoms with Crippen molar-refractivity contribution in [3.8, 4) is 0 Å². The number of rotatable bonds is 3. The lowest BCUT2D eigenvalue weighted by Crippen LogP contribution is -2.41. The van der Waals surface area contributed by atoms with E-state index in [1.807, 2.05) is 6.92 Å². The number of hydroxylamine groups is 1. The number of hydrogen-bond donors (Lipinski definition) is 2. The van der Waals surface area contributed by atoms with Crippen LogP contribution in [0.1, 0.15) is 19.8 Å². The second kappa shape index (κ2) is 4.99. The molecule has 2 N–H and O–H groups in total. The Morgan fingerprint density at radius 3 is 3.25 bits per heavy atom. The van der Waals surface area contributed by atoms with Gasteiger partial charge >= 0.3 is 6.09 Å². The van der Waals surface area contributed by atoms with E-state index in [9.17, 15) is 9.90 Å². The maximum absolute atomic E-state index is 11.7. The highest BCUT2D eigenvalue weighted by molar-refractivity contribution is 5.69. The molecule has 0 aromatic carbocycles. The van der Waals surface area contributed by atoms with Crippen molar-refractivity contribution in [3.05, 3.63) is 0 Å². The second-order valence-electron chi connectivity index (χ2n) is 4.21. The zero-order valence-electron chi connectivity index (χ0n) is 9.39. The van der Waals surface area contributed by atoms with E-state index < -0.39 is 6.10 Å². The lowest BCUT2D eigenvalue weighted by Gasteiger charge is -2.20. The minimum atomic E-state index is -0.578. The first-order chi connectivity index (χ1) is 7.74. The molecular weight excluding hydrogens is 212 g/mol. The summed E-state index contributed by atoms with van der Waals surface area (Å²) in [6.45, 7) is 3.20. The van der Waals surface area contributed by atoms with Crippen LogP contribution in [0.2, 0.25) is 0 Å². The Labute approximate surface area is 94.5 Å². The molecule has 2 fully saturated rings. The second-order valence-corrected chi connectivity index (χ2v) is 4.21. The highest BCUT2D eigenvalue weighted by atomic mass is 16.7. The fraction of sp³-hybridized carbons (Fsp3) is 0.900. The average Bonchev–Trinajstić information content (AvgIpc) is 2.83. The van der Waals surface area contributed by atoms with E-state index in [0.717, 1.165) is 12.8 Å². The van der Waals surface area contributed by atoms with Crippen LogP contribution in [0.25, 0.3) is 0 Å². The van der Waals surface area contributed by atoms with Gasteiger partial charge in [-0.3, -0.25) is 9.74 Å². The summed E-state index contributed by atoms with van der Waals surface area (Å²) in [5.74, 6) is 0. The molecule has 0 aromatic rings. The van der Waals surface area contributed by atoms with Gasteiger partial charge in [-0.05, 0) is 6.42 Å². The first-order valence-electron chi connectivity index (χ1n) is 5.72. The molecule has 0 saturated carbocycles. The smallest absolute Gasteiger partial charge is 0.410 e. The van der Waals surface area contributed by atoms with E-state index in [0.29, 0.717) is 19.8 Å². The molecule has 2 aliphatic heterocycles.